The van der Waals surface area contributed by atoms with E-state index in [1.165, 1.54) is 24.3 Å². The molecule has 0 aromatic heterocycles. The van der Waals surface area contributed by atoms with Crippen molar-refractivity contribution in [3.63, 3.8) is 0 Å². The van der Waals surface area contributed by atoms with Gasteiger partial charge in [-0.05, 0) is 35.4 Å². The van der Waals surface area contributed by atoms with Gasteiger partial charge in [0, 0.05) is 11.5 Å². The van der Waals surface area contributed by atoms with Gasteiger partial charge >= 0.3 is 0 Å². The van der Waals surface area contributed by atoms with Crippen LogP contribution in [0.15, 0.2) is 66.7 Å². The van der Waals surface area contributed by atoms with Crippen LogP contribution in [0, 0.1) is 0 Å². The largest absolute Gasteiger partial charge is 0.508 e. The summed E-state index contributed by atoms with van der Waals surface area (Å²) in [6.45, 7) is 1.83. The van der Waals surface area contributed by atoms with Crippen LogP contribution in [-0.4, -0.2) is 26.2 Å². The molecule has 0 amide bonds. The zero-order valence-corrected chi connectivity index (χ0v) is 14.7. The summed E-state index contributed by atoms with van der Waals surface area (Å²) in [4.78, 5) is 12.6. The Hall–Kier alpha value is -3.31. The summed E-state index contributed by atoms with van der Waals surface area (Å²) < 4.78 is 0. The molecule has 4 N–H and O–H groups in total. The van der Waals surface area contributed by atoms with E-state index >= 15 is 0 Å². The van der Waals surface area contributed by atoms with Crippen LogP contribution in [0.1, 0.15) is 46.0 Å². The first-order valence-corrected chi connectivity index (χ1v) is 8.50. The second kappa shape index (κ2) is 7.51. The number of hydrogen-bond donors (Lipinski definition) is 4. The summed E-state index contributed by atoms with van der Waals surface area (Å²) in [6, 6.07) is 17.4. The molecule has 3 rings (SSSR count). The topological polar surface area (TPSA) is 98.0 Å². The summed E-state index contributed by atoms with van der Waals surface area (Å²) in [5, 5.41) is 40.4. The van der Waals surface area contributed by atoms with Crippen LogP contribution in [0.2, 0.25) is 0 Å². The molecule has 0 fully saturated rings. The Morgan fingerprint density at radius 1 is 0.815 bits per heavy atom. The fourth-order valence-corrected chi connectivity index (χ4v) is 3.01. The van der Waals surface area contributed by atoms with Gasteiger partial charge in [-0.3, -0.25) is 4.79 Å². The van der Waals surface area contributed by atoms with Crippen molar-refractivity contribution in [1.29, 1.82) is 0 Å². The van der Waals surface area contributed by atoms with Crippen LogP contribution in [-0.2, 0) is 0 Å². The second-order valence-electron chi connectivity index (χ2n) is 6.42. The van der Waals surface area contributed by atoms with Crippen molar-refractivity contribution in [2.45, 2.75) is 18.9 Å². The average molecular weight is 364 g/mol. The minimum Gasteiger partial charge on any atom is -0.508 e. The maximum atomic E-state index is 12.6. The van der Waals surface area contributed by atoms with Gasteiger partial charge < -0.3 is 20.4 Å². The lowest BCUT2D eigenvalue weighted by Gasteiger charge is -2.17. The fraction of sp³-hybridized carbons (Fsp3) is 0.136. The number of Topliss-reactive ketones (excluding diaryl/α,β-unsaturated/α-hetero) is 1. The normalized spacial score (nSPS) is 13.1. The maximum absolute atomic E-state index is 12.6. The molecule has 3 aromatic carbocycles. The van der Waals surface area contributed by atoms with Gasteiger partial charge in [-0.15, -0.1) is 0 Å². The van der Waals surface area contributed by atoms with Crippen LogP contribution in [0.3, 0.4) is 0 Å². The maximum Gasteiger partial charge on any atom is 0.199 e. The molecule has 2 atom stereocenters. The van der Waals surface area contributed by atoms with Gasteiger partial charge in [0.1, 0.15) is 23.4 Å². The van der Waals surface area contributed by atoms with E-state index in [1.54, 1.807) is 42.5 Å². The molecular formula is C22H20O5. The van der Waals surface area contributed by atoms with Crippen molar-refractivity contribution in [2.24, 2.45) is 0 Å². The van der Waals surface area contributed by atoms with Gasteiger partial charge in [-0.25, -0.2) is 0 Å². The number of carbonyl (C=O) groups is 1. The molecule has 0 radical (unpaired) electrons. The van der Waals surface area contributed by atoms with E-state index in [2.05, 4.69) is 0 Å². The van der Waals surface area contributed by atoms with Gasteiger partial charge in [0.25, 0.3) is 0 Å². The second-order valence-corrected chi connectivity index (χ2v) is 6.42. The Bertz CT molecular complexity index is 948. The van der Waals surface area contributed by atoms with Gasteiger partial charge in [-0.1, -0.05) is 49.4 Å². The number of aliphatic hydroxyl groups is 1. The SMILES string of the molecule is CC(c1ccc(O)cc1)c1cc(O)c(C(=O)C(O)c2ccccc2)cc1O. The third-order valence-electron chi connectivity index (χ3n) is 4.63. The minimum absolute atomic E-state index is 0.133. The summed E-state index contributed by atoms with van der Waals surface area (Å²) in [7, 11) is 0. The van der Waals surface area contributed by atoms with Crippen molar-refractivity contribution in [3.8, 4) is 17.2 Å². The van der Waals surface area contributed by atoms with Crippen LogP contribution < -0.4 is 0 Å². The van der Waals surface area contributed by atoms with Gasteiger partial charge in [-0.2, -0.15) is 0 Å². The van der Waals surface area contributed by atoms with Crippen LogP contribution in [0.4, 0.5) is 0 Å². The highest BCUT2D eigenvalue weighted by Gasteiger charge is 2.24. The molecule has 5 nitrogen and oxygen atoms in total. The van der Waals surface area contributed by atoms with Crippen LogP contribution in [0.25, 0.3) is 0 Å². The lowest BCUT2D eigenvalue weighted by Crippen LogP contribution is -2.13. The van der Waals surface area contributed by atoms with Gasteiger partial charge in [0.15, 0.2) is 5.78 Å². The average Bonchev–Trinajstić information content (AvgIpc) is 2.69. The van der Waals surface area contributed by atoms with E-state index in [4.69, 9.17) is 0 Å². The van der Waals surface area contributed by atoms with E-state index in [1.807, 2.05) is 6.92 Å². The minimum atomic E-state index is -1.43. The van der Waals surface area contributed by atoms with E-state index in [-0.39, 0.29) is 28.7 Å². The number of phenolic OH excluding ortho intramolecular Hbond substituents is 3. The summed E-state index contributed by atoms with van der Waals surface area (Å²) in [6.07, 6.45) is -1.43. The molecule has 5 heteroatoms. The zero-order chi connectivity index (χ0) is 19.6. The molecule has 0 saturated heterocycles. The number of hydrogen-bond acceptors (Lipinski definition) is 5. The molecule has 0 bridgehead atoms. The predicted molar refractivity (Wildman–Crippen MR) is 101 cm³/mol. The highest BCUT2D eigenvalue weighted by Crippen LogP contribution is 2.37. The Morgan fingerprint density at radius 2 is 1.44 bits per heavy atom. The summed E-state index contributed by atoms with van der Waals surface area (Å²) in [5.41, 5.74) is 1.52. The molecule has 0 aliphatic heterocycles. The smallest absolute Gasteiger partial charge is 0.199 e. The summed E-state index contributed by atoms with van der Waals surface area (Å²) >= 11 is 0. The molecule has 0 spiro atoms. The molecule has 0 aliphatic carbocycles. The zero-order valence-electron chi connectivity index (χ0n) is 14.7. The van der Waals surface area contributed by atoms with Crippen molar-refractivity contribution < 1.29 is 25.2 Å². The molecule has 27 heavy (non-hydrogen) atoms. The lowest BCUT2D eigenvalue weighted by atomic mass is 9.90. The van der Waals surface area contributed by atoms with Crippen molar-refractivity contribution in [3.05, 3.63) is 89.0 Å². The molecule has 0 aliphatic rings. The number of aromatic hydroxyl groups is 3. The Morgan fingerprint density at radius 3 is 2.07 bits per heavy atom. The van der Waals surface area contributed by atoms with Gasteiger partial charge in [0.2, 0.25) is 0 Å². The highest BCUT2D eigenvalue weighted by molar-refractivity contribution is 6.02. The number of phenols is 3. The van der Waals surface area contributed by atoms with E-state index in [9.17, 15) is 25.2 Å². The molecule has 3 aromatic rings. The third-order valence-corrected chi connectivity index (χ3v) is 4.63. The lowest BCUT2D eigenvalue weighted by molar-refractivity contribution is 0.0744. The number of rotatable bonds is 5. The van der Waals surface area contributed by atoms with E-state index < -0.39 is 11.9 Å². The standard InChI is InChI=1S/C22H20O5/c1-13(14-7-9-16(23)10-8-14)17-11-20(25)18(12-19(17)24)22(27)21(26)15-5-3-2-4-6-15/h2-13,21,23-26H,1H3. The molecule has 0 heterocycles. The number of benzene rings is 3. The Kier molecular flexibility index (Phi) is 5.14. The van der Waals surface area contributed by atoms with E-state index in [0.29, 0.717) is 11.1 Å². The van der Waals surface area contributed by atoms with E-state index in [0.717, 1.165) is 5.56 Å². The highest BCUT2D eigenvalue weighted by atomic mass is 16.3. The molecule has 0 saturated carbocycles. The molecular weight excluding hydrogens is 344 g/mol. The predicted octanol–water partition coefficient (Wildman–Crippen LogP) is 3.87. The molecule has 2 unspecified atom stereocenters. The quantitative estimate of drug-likeness (QED) is 0.407. The van der Waals surface area contributed by atoms with Crippen LogP contribution >= 0.6 is 0 Å². The number of ketones is 1. The number of aliphatic hydroxyl groups excluding tert-OH is 1. The molecule has 138 valence electrons. The first-order valence-electron chi connectivity index (χ1n) is 8.50. The Balaban J connectivity index is 1.93. The number of carbonyl (C=O) groups excluding carboxylic acids is 1. The summed E-state index contributed by atoms with van der Waals surface area (Å²) in [5.74, 6) is -1.31. The van der Waals surface area contributed by atoms with Crippen molar-refractivity contribution >= 4 is 5.78 Å². The first-order chi connectivity index (χ1) is 12.9. The first kappa shape index (κ1) is 18.5. The van der Waals surface area contributed by atoms with Crippen LogP contribution in [0.5, 0.6) is 17.2 Å². The van der Waals surface area contributed by atoms with Crippen molar-refractivity contribution in [2.75, 3.05) is 0 Å². The fourth-order valence-electron chi connectivity index (χ4n) is 3.01. The van der Waals surface area contributed by atoms with Gasteiger partial charge in [0.05, 0.1) is 5.56 Å². The third kappa shape index (κ3) is 3.78. The van der Waals surface area contributed by atoms with Crippen molar-refractivity contribution in [1.82, 2.24) is 0 Å². The Labute approximate surface area is 156 Å². The monoisotopic (exact) mass is 364 g/mol.